The molecular weight excluding hydrogens is 585 g/mol. The van der Waals surface area contributed by atoms with Gasteiger partial charge >= 0.3 is 17.9 Å². The lowest BCUT2D eigenvalue weighted by Crippen LogP contribution is -2.46. The number of esters is 3. The molecule has 228 valence electrons. The molecule has 4 aromatic rings. The normalized spacial score (nSPS) is 18.9. The Bertz CT molecular complexity index is 2060. The first-order valence-electron chi connectivity index (χ1n) is 14.6. The lowest BCUT2D eigenvalue weighted by atomic mass is 9.67. The highest BCUT2D eigenvalue weighted by Gasteiger charge is 2.63. The molecule has 8 heteroatoms. The fourth-order valence-electron chi connectivity index (χ4n) is 7.27. The Balaban J connectivity index is 1.60. The summed E-state index contributed by atoms with van der Waals surface area (Å²) in [7, 11) is 3.87. The molecule has 0 N–H and O–H groups in total. The molecular formula is C38H28FNO6. The minimum Gasteiger partial charge on any atom is -0.466 e. The zero-order valence-corrected chi connectivity index (χ0v) is 25.2. The Hall–Kier alpha value is -5.76. The van der Waals surface area contributed by atoms with Crippen LogP contribution in [0.5, 0.6) is 0 Å². The van der Waals surface area contributed by atoms with Crippen LogP contribution < -0.4 is 4.90 Å². The molecule has 0 saturated heterocycles. The summed E-state index contributed by atoms with van der Waals surface area (Å²) in [5.74, 6) is -2.29. The number of benzene rings is 4. The average Bonchev–Trinajstić information content (AvgIpc) is 3.57. The van der Waals surface area contributed by atoms with Crippen LogP contribution in [0, 0.1) is 5.82 Å². The third kappa shape index (κ3) is 3.99. The van der Waals surface area contributed by atoms with E-state index in [1.165, 1.54) is 33.5 Å². The summed E-state index contributed by atoms with van der Waals surface area (Å²) in [4.78, 5) is 42.9. The summed E-state index contributed by atoms with van der Waals surface area (Å²) in [5, 5.41) is 0. The Kier molecular flexibility index (Phi) is 6.93. The molecule has 3 aliphatic rings. The maximum atomic E-state index is 14.1. The number of nitrogens with zero attached hydrogens (tertiary/aromatic N) is 1. The fourth-order valence-corrected chi connectivity index (χ4v) is 7.27. The van der Waals surface area contributed by atoms with Gasteiger partial charge in [0.25, 0.3) is 0 Å². The van der Waals surface area contributed by atoms with E-state index in [-0.39, 0.29) is 17.1 Å². The van der Waals surface area contributed by atoms with Crippen molar-refractivity contribution in [2.45, 2.75) is 11.5 Å². The highest BCUT2D eigenvalue weighted by Crippen LogP contribution is 2.63. The second kappa shape index (κ2) is 11.0. The maximum Gasteiger partial charge on any atom is 0.355 e. The summed E-state index contributed by atoms with van der Waals surface area (Å²) >= 11 is 0. The van der Waals surface area contributed by atoms with Crippen LogP contribution in [0.3, 0.4) is 0 Å². The molecule has 7 nitrogen and oxygen atoms in total. The predicted molar refractivity (Wildman–Crippen MR) is 171 cm³/mol. The van der Waals surface area contributed by atoms with Crippen molar-refractivity contribution in [3.05, 3.63) is 148 Å². The van der Waals surface area contributed by atoms with E-state index in [1.807, 2.05) is 83.8 Å². The molecule has 0 aromatic heterocycles. The standard InChI is InChI=1S/C38H28FNO6/c1-44-35(41)27-14-9-16-29-32(27)26-13-4-6-15-28(26)38(29)31-21-23(19-18-22-10-8-11-24(39)20-22)25-12-5-7-17-30(25)40(31)34(37(43)46-3)33(38)36(42)45-2/h4-21,31H,1-3H3/b19-18+. The van der Waals surface area contributed by atoms with E-state index in [0.717, 1.165) is 22.3 Å². The van der Waals surface area contributed by atoms with E-state index in [4.69, 9.17) is 14.2 Å². The summed E-state index contributed by atoms with van der Waals surface area (Å²) < 4.78 is 30.0. The molecule has 4 aromatic carbocycles. The number of anilines is 1. The Labute approximate surface area is 264 Å². The summed E-state index contributed by atoms with van der Waals surface area (Å²) in [6.07, 6.45) is 5.73. The van der Waals surface area contributed by atoms with Gasteiger partial charge in [0, 0.05) is 16.8 Å². The lowest BCUT2D eigenvalue weighted by Gasteiger charge is -2.41. The van der Waals surface area contributed by atoms with Gasteiger partial charge in [-0.2, -0.15) is 0 Å². The molecule has 0 amide bonds. The third-order valence-electron chi connectivity index (χ3n) is 8.99. The summed E-state index contributed by atoms with van der Waals surface area (Å²) in [5.41, 5.74) is 4.81. The Morgan fingerprint density at radius 2 is 1.41 bits per heavy atom. The molecule has 2 atom stereocenters. The number of rotatable bonds is 5. The lowest BCUT2D eigenvalue weighted by molar-refractivity contribution is -0.139. The van der Waals surface area contributed by atoms with Crippen LogP contribution in [0.25, 0.3) is 22.8 Å². The van der Waals surface area contributed by atoms with Crippen molar-refractivity contribution < 1.29 is 33.0 Å². The van der Waals surface area contributed by atoms with Crippen LogP contribution in [0.2, 0.25) is 0 Å². The number of para-hydroxylation sites is 1. The molecule has 2 unspecified atom stereocenters. The second-order valence-corrected chi connectivity index (χ2v) is 11.1. The summed E-state index contributed by atoms with van der Waals surface area (Å²) in [6, 6.07) is 26.0. The van der Waals surface area contributed by atoms with Crippen molar-refractivity contribution in [1.82, 2.24) is 0 Å². The highest BCUT2D eigenvalue weighted by molar-refractivity contribution is 6.13. The molecule has 0 saturated carbocycles. The van der Waals surface area contributed by atoms with Crippen molar-refractivity contribution in [2.75, 3.05) is 26.2 Å². The quantitative estimate of drug-likeness (QED) is 0.188. The van der Waals surface area contributed by atoms with Gasteiger partial charge in [0.2, 0.25) is 0 Å². The molecule has 0 radical (unpaired) electrons. The molecule has 1 aliphatic carbocycles. The number of allylic oxidation sites excluding steroid dienone is 2. The minimum absolute atomic E-state index is 0.0438. The number of carbonyl (C=O) groups excluding carboxylic acids is 3. The van der Waals surface area contributed by atoms with Gasteiger partial charge in [-0.05, 0) is 52.1 Å². The van der Waals surface area contributed by atoms with Crippen LogP contribution in [0.4, 0.5) is 10.1 Å². The fraction of sp³-hybridized carbons (Fsp3) is 0.132. The van der Waals surface area contributed by atoms with Crippen molar-refractivity contribution in [3.63, 3.8) is 0 Å². The number of carbonyl (C=O) groups is 3. The van der Waals surface area contributed by atoms with Crippen LogP contribution in [0.15, 0.2) is 114 Å². The van der Waals surface area contributed by atoms with Gasteiger partial charge in [-0.3, -0.25) is 0 Å². The highest BCUT2D eigenvalue weighted by atomic mass is 19.1. The average molecular weight is 614 g/mol. The number of fused-ring (bicyclic) bond motifs is 9. The Morgan fingerprint density at radius 3 is 2.15 bits per heavy atom. The van der Waals surface area contributed by atoms with Gasteiger partial charge in [0.05, 0.1) is 43.9 Å². The molecule has 2 heterocycles. The number of halogens is 1. The zero-order valence-electron chi connectivity index (χ0n) is 25.2. The second-order valence-electron chi connectivity index (χ2n) is 11.1. The molecule has 7 rings (SSSR count). The predicted octanol–water partition coefficient (Wildman–Crippen LogP) is 6.48. The van der Waals surface area contributed by atoms with Crippen LogP contribution >= 0.6 is 0 Å². The third-order valence-corrected chi connectivity index (χ3v) is 8.99. The molecule has 0 bridgehead atoms. The molecule has 46 heavy (non-hydrogen) atoms. The van der Waals surface area contributed by atoms with Crippen LogP contribution in [-0.4, -0.2) is 45.3 Å². The Morgan fingerprint density at radius 1 is 0.739 bits per heavy atom. The molecule has 1 spiro atoms. The number of ether oxygens (including phenoxy) is 3. The first-order valence-corrected chi connectivity index (χ1v) is 14.6. The first-order chi connectivity index (χ1) is 22.4. The monoisotopic (exact) mass is 613 g/mol. The number of methoxy groups -OCH3 is 3. The van der Waals surface area contributed by atoms with Crippen LogP contribution in [-0.2, 0) is 29.2 Å². The van der Waals surface area contributed by atoms with Gasteiger partial charge in [-0.15, -0.1) is 0 Å². The van der Waals surface area contributed by atoms with Gasteiger partial charge in [-0.25, -0.2) is 18.8 Å². The van der Waals surface area contributed by atoms with Crippen molar-refractivity contribution in [2.24, 2.45) is 0 Å². The van der Waals surface area contributed by atoms with E-state index in [1.54, 1.807) is 18.2 Å². The SMILES string of the molecule is COC(=O)C1=C(C(=O)OC)C2(c3ccccc3-c3c(C(=O)OC)cccc32)C2C=C(/C=C/c3cccc(F)c3)c3ccccc3N12. The van der Waals surface area contributed by atoms with E-state index in [0.29, 0.717) is 27.9 Å². The smallest absolute Gasteiger partial charge is 0.355 e. The largest absolute Gasteiger partial charge is 0.466 e. The first kappa shape index (κ1) is 29.0. The number of hydrogen-bond donors (Lipinski definition) is 0. The van der Waals surface area contributed by atoms with Gasteiger partial charge in [0.15, 0.2) is 0 Å². The van der Waals surface area contributed by atoms with Gasteiger partial charge in [0.1, 0.15) is 11.5 Å². The van der Waals surface area contributed by atoms with Crippen molar-refractivity contribution >= 4 is 35.2 Å². The topological polar surface area (TPSA) is 82.1 Å². The van der Waals surface area contributed by atoms with Crippen LogP contribution in [0.1, 0.15) is 32.6 Å². The van der Waals surface area contributed by atoms with E-state index >= 15 is 0 Å². The molecule has 0 fully saturated rings. The molecule has 2 aliphatic heterocycles. The van der Waals surface area contributed by atoms with Gasteiger partial charge < -0.3 is 19.1 Å². The zero-order chi connectivity index (χ0) is 32.2. The van der Waals surface area contributed by atoms with E-state index < -0.39 is 29.4 Å². The van der Waals surface area contributed by atoms with E-state index in [2.05, 4.69) is 0 Å². The van der Waals surface area contributed by atoms with Crippen molar-refractivity contribution in [3.8, 4) is 11.1 Å². The van der Waals surface area contributed by atoms with Crippen molar-refractivity contribution in [1.29, 1.82) is 0 Å². The van der Waals surface area contributed by atoms with E-state index in [9.17, 15) is 18.8 Å². The maximum absolute atomic E-state index is 14.1. The minimum atomic E-state index is -1.31. The summed E-state index contributed by atoms with van der Waals surface area (Å²) in [6.45, 7) is 0. The number of hydrogen-bond acceptors (Lipinski definition) is 7. The van der Waals surface area contributed by atoms with Gasteiger partial charge in [-0.1, -0.05) is 85.0 Å².